The van der Waals surface area contributed by atoms with Crippen LogP contribution >= 0.6 is 0 Å². The molecule has 0 spiro atoms. The summed E-state index contributed by atoms with van der Waals surface area (Å²) in [6.45, 7) is 2.51. The Balaban J connectivity index is 4.30. The fraction of sp³-hybridized carbons (Fsp3) is 0.714. The van der Waals surface area contributed by atoms with Gasteiger partial charge in [0.2, 0.25) is 6.43 Å². The molecule has 0 aromatic rings. The lowest BCUT2D eigenvalue weighted by atomic mass is 10.1. The van der Waals surface area contributed by atoms with Gasteiger partial charge >= 0.3 is 11.8 Å². The normalized spacial score (nSPS) is 13.5. The molecule has 0 aromatic carbocycles. The Morgan fingerprint density at radius 2 is 1.62 bits per heavy atom. The molecule has 0 amide bonds. The zero-order chi connectivity index (χ0) is 10.7. The van der Waals surface area contributed by atoms with Crippen LogP contribution in [0.1, 0.15) is 12.8 Å². The van der Waals surface area contributed by atoms with Crippen LogP contribution in [0.5, 0.6) is 0 Å². The van der Waals surface area contributed by atoms with Gasteiger partial charge in [-0.3, -0.25) is 0 Å². The second kappa shape index (κ2) is 4.02. The molecule has 0 heterocycles. The lowest BCUT2D eigenvalue weighted by molar-refractivity contribution is -0.186. The molecule has 0 saturated heterocycles. The van der Waals surface area contributed by atoms with Crippen molar-refractivity contribution in [3.05, 3.63) is 12.7 Å². The van der Waals surface area contributed by atoms with Gasteiger partial charge in [-0.2, -0.15) is 17.6 Å². The van der Waals surface area contributed by atoms with Gasteiger partial charge in [0.1, 0.15) is 0 Å². The average molecular weight is 206 g/mol. The van der Waals surface area contributed by atoms with Crippen molar-refractivity contribution in [3.63, 3.8) is 0 Å². The first-order valence-corrected chi connectivity index (χ1v) is 3.40. The van der Waals surface area contributed by atoms with Gasteiger partial charge in [-0.05, 0) is 6.08 Å². The molecule has 0 N–H and O–H groups in total. The summed E-state index contributed by atoms with van der Waals surface area (Å²) < 4.78 is 72.3. The molecule has 0 nitrogen and oxygen atoms in total. The van der Waals surface area contributed by atoms with Crippen molar-refractivity contribution in [3.8, 4) is 0 Å². The van der Waals surface area contributed by atoms with E-state index in [1.54, 1.807) is 0 Å². The van der Waals surface area contributed by atoms with E-state index in [0.717, 1.165) is 0 Å². The second-order valence-corrected chi connectivity index (χ2v) is 2.46. The van der Waals surface area contributed by atoms with E-state index in [2.05, 4.69) is 6.58 Å². The van der Waals surface area contributed by atoms with E-state index in [4.69, 9.17) is 0 Å². The first kappa shape index (κ1) is 12.3. The van der Waals surface area contributed by atoms with Crippen LogP contribution < -0.4 is 0 Å². The van der Waals surface area contributed by atoms with Crippen molar-refractivity contribution in [2.75, 3.05) is 0 Å². The molecule has 0 radical (unpaired) electrons. The minimum Gasteiger partial charge on any atom is -0.211 e. The molecule has 0 rings (SSSR count). The maximum Gasteiger partial charge on any atom is 0.328 e. The summed E-state index contributed by atoms with van der Waals surface area (Å²) in [5.74, 6) is -8.88. The van der Waals surface area contributed by atoms with Gasteiger partial charge in [-0.1, -0.05) is 6.58 Å². The van der Waals surface area contributed by atoms with Crippen molar-refractivity contribution in [1.82, 2.24) is 0 Å². The Hall–Kier alpha value is -0.680. The van der Waals surface area contributed by atoms with Gasteiger partial charge in [0.15, 0.2) is 0 Å². The van der Waals surface area contributed by atoms with Crippen LogP contribution in [0.25, 0.3) is 0 Å². The Labute approximate surface area is 71.2 Å². The number of rotatable bonds is 5. The quantitative estimate of drug-likeness (QED) is 0.477. The minimum atomic E-state index is -4.45. The van der Waals surface area contributed by atoms with Gasteiger partial charge in [-0.15, -0.1) is 0 Å². The van der Waals surface area contributed by atoms with Crippen LogP contribution in [-0.2, 0) is 0 Å². The SMILES string of the molecule is C=CC(F)(F)C(F)(F)CCC(F)F. The molecule has 0 fully saturated rings. The van der Waals surface area contributed by atoms with Gasteiger partial charge in [0, 0.05) is 12.8 Å². The summed E-state index contributed by atoms with van der Waals surface area (Å²) in [5.41, 5.74) is 0. The van der Waals surface area contributed by atoms with Crippen molar-refractivity contribution >= 4 is 0 Å². The average Bonchev–Trinajstić information content (AvgIpc) is 2.01. The molecule has 0 bridgehead atoms. The molecule has 0 aliphatic rings. The molecule has 0 unspecified atom stereocenters. The highest BCUT2D eigenvalue weighted by Crippen LogP contribution is 2.39. The Morgan fingerprint density at radius 1 is 1.15 bits per heavy atom. The Morgan fingerprint density at radius 3 is 1.92 bits per heavy atom. The number of hydrogen-bond acceptors (Lipinski definition) is 0. The molecule has 78 valence electrons. The first-order chi connectivity index (χ1) is 5.73. The summed E-state index contributed by atoms with van der Waals surface area (Å²) in [7, 11) is 0. The van der Waals surface area contributed by atoms with Crippen molar-refractivity contribution in [2.45, 2.75) is 31.1 Å². The third-order valence-electron chi connectivity index (χ3n) is 1.42. The van der Waals surface area contributed by atoms with E-state index in [9.17, 15) is 26.3 Å². The second-order valence-electron chi connectivity index (χ2n) is 2.46. The van der Waals surface area contributed by atoms with Crippen LogP contribution in [0.3, 0.4) is 0 Å². The van der Waals surface area contributed by atoms with Crippen LogP contribution in [0.4, 0.5) is 26.3 Å². The van der Waals surface area contributed by atoms with E-state index in [1.165, 1.54) is 0 Å². The van der Waals surface area contributed by atoms with E-state index in [1.807, 2.05) is 0 Å². The smallest absolute Gasteiger partial charge is 0.211 e. The molecule has 6 heteroatoms. The fourth-order valence-electron chi connectivity index (χ4n) is 0.606. The molecule has 0 atom stereocenters. The minimum absolute atomic E-state index is 0.238. The molecular formula is C7H8F6. The molecule has 0 saturated carbocycles. The fourth-order valence-corrected chi connectivity index (χ4v) is 0.606. The van der Waals surface area contributed by atoms with Gasteiger partial charge in [0.05, 0.1) is 0 Å². The number of hydrogen-bond donors (Lipinski definition) is 0. The predicted octanol–water partition coefficient (Wildman–Crippen LogP) is 3.49. The largest absolute Gasteiger partial charge is 0.328 e. The molecule has 0 aromatic heterocycles. The summed E-state index contributed by atoms with van der Waals surface area (Å²) in [4.78, 5) is 0. The van der Waals surface area contributed by atoms with E-state index < -0.39 is 31.1 Å². The highest BCUT2D eigenvalue weighted by Gasteiger charge is 2.53. The van der Waals surface area contributed by atoms with E-state index in [-0.39, 0.29) is 6.08 Å². The Bertz CT molecular complexity index is 174. The van der Waals surface area contributed by atoms with Crippen LogP contribution in [0.15, 0.2) is 12.7 Å². The van der Waals surface area contributed by atoms with Crippen LogP contribution in [0.2, 0.25) is 0 Å². The van der Waals surface area contributed by atoms with E-state index >= 15 is 0 Å². The van der Waals surface area contributed by atoms with Crippen LogP contribution in [-0.4, -0.2) is 18.3 Å². The maximum absolute atomic E-state index is 12.4. The maximum atomic E-state index is 12.4. The van der Waals surface area contributed by atoms with E-state index in [0.29, 0.717) is 0 Å². The summed E-state index contributed by atoms with van der Waals surface area (Å²) in [6.07, 6.45) is -6.05. The number of halogens is 6. The van der Waals surface area contributed by atoms with Gasteiger partial charge in [0.25, 0.3) is 0 Å². The molecule has 0 aliphatic carbocycles. The van der Waals surface area contributed by atoms with Crippen molar-refractivity contribution in [2.24, 2.45) is 0 Å². The lowest BCUT2D eigenvalue weighted by Gasteiger charge is -2.23. The lowest BCUT2D eigenvalue weighted by Crippen LogP contribution is -2.38. The topological polar surface area (TPSA) is 0 Å². The zero-order valence-corrected chi connectivity index (χ0v) is 6.54. The first-order valence-electron chi connectivity index (χ1n) is 3.40. The Kier molecular flexibility index (Phi) is 3.81. The summed E-state index contributed by atoms with van der Waals surface area (Å²) in [5, 5.41) is 0. The highest BCUT2D eigenvalue weighted by molar-refractivity contribution is 4.98. The third-order valence-corrected chi connectivity index (χ3v) is 1.42. The van der Waals surface area contributed by atoms with Crippen LogP contribution in [0, 0.1) is 0 Å². The molecular weight excluding hydrogens is 198 g/mol. The zero-order valence-electron chi connectivity index (χ0n) is 6.54. The van der Waals surface area contributed by atoms with Crippen molar-refractivity contribution in [1.29, 1.82) is 0 Å². The highest BCUT2D eigenvalue weighted by atomic mass is 19.3. The molecule has 13 heavy (non-hydrogen) atoms. The van der Waals surface area contributed by atoms with Crippen molar-refractivity contribution < 1.29 is 26.3 Å². The third kappa shape index (κ3) is 3.28. The monoisotopic (exact) mass is 206 g/mol. The van der Waals surface area contributed by atoms with Gasteiger partial charge < -0.3 is 0 Å². The summed E-state index contributed by atoms with van der Waals surface area (Å²) in [6, 6.07) is 0. The standard InChI is InChI=1S/C7H8F6/c1-2-6(10,11)7(12,13)4-3-5(8)9/h2,5H,1,3-4H2. The molecule has 0 aliphatic heterocycles. The predicted molar refractivity (Wildman–Crippen MR) is 35.3 cm³/mol. The number of allylic oxidation sites excluding steroid dienone is 1. The van der Waals surface area contributed by atoms with Gasteiger partial charge in [-0.25, -0.2) is 8.78 Å². The number of alkyl halides is 6. The summed E-state index contributed by atoms with van der Waals surface area (Å²) >= 11 is 0.